The van der Waals surface area contributed by atoms with E-state index in [4.69, 9.17) is 15.4 Å². The summed E-state index contributed by atoms with van der Waals surface area (Å²) < 4.78 is 28.2. The van der Waals surface area contributed by atoms with Crippen molar-refractivity contribution < 1.29 is 13.2 Å². The topological polar surface area (TPSA) is 43.4 Å². The Morgan fingerprint density at radius 3 is 2.67 bits per heavy atom. The van der Waals surface area contributed by atoms with E-state index in [1.165, 1.54) is 12.1 Å². The van der Waals surface area contributed by atoms with E-state index >= 15 is 0 Å². The van der Waals surface area contributed by atoms with Crippen LogP contribution in [0, 0.1) is 0 Å². The molecule has 0 unspecified atom stereocenters. The second-order valence-corrected chi connectivity index (χ2v) is 6.30. The van der Waals surface area contributed by atoms with E-state index in [0.717, 1.165) is 6.42 Å². The Labute approximate surface area is 102 Å². The molecule has 3 nitrogen and oxygen atoms in total. The van der Waals surface area contributed by atoms with Gasteiger partial charge in [-0.3, -0.25) is 0 Å². The molecule has 0 spiro atoms. The Morgan fingerprint density at radius 1 is 1.47 bits per heavy atom. The van der Waals surface area contributed by atoms with Gasteiger partial charge in [0.05, 0.1) is 16.0 Å². The number of benzene rings is 1. The summed E-state index contributed by atoms with van der Waals surface area (Å²) in [5, 5.41) is 0. The van der Waals surface area contributed by atoms with Gasteiger partial charge in [-0.25, -0.2) is 8.42 Å². The van der Waals surface area contributed by atoms with Crippen molar-refractivity contribution in [1.29, 1.82) is 0 Å². The lowest BCUT2D eigenvalue weighted by atomic mass is 10.3. The Hall–Kier alpha value is -0.260. The molecule has 0 aliphatic carbocycles. The number of hydrogen-bond donors (Lipinski definition) is 0. The van der Waals surface area contributed by atoms with Gasteiger partial charge < -0.3 is 4.74 Å². The molecule has 0 heterocycles. The lowest BCUT2D eigenvalue weighted by Gasteiger charge is -2.07. The summed E-state index contributed by atoms with van der Waals surface area (Å²) in [6.45, 7) is 2.50. The molecule has 1 rings (SSSR count). The molecular weight excluding hydrogens is 304 g/mol. The van der Waals surface area contributed by atoms with Gasteiger partial charge in [0.15, 0.2) is 0 Å². The molecule has 0 aliphatic heterocycles. The summed E-state index contributed by atoms with van der Waals surface area (Å²) in [6.07, 6.45) is 0.851. The fraction of sp³-hybridized carbons (Fsp3) is 0.333. The van der Waals surface area contributed by atoms with Gasteiger partial charge in [-0.1, -0.05) is 6.92 Å². The predicted molar refractivity (Wildman–Crippen MR) is 63.0 cm³/mol. The van der Waals surface area contributed by atoms with E-state index in [1.807, 2.05) is 6.92 Å². The van der Waals surface area contributed by atoms with Crippen molar-refractivity contribution >= 4 is 35.7 Å². The molecule has 0 fully saturated rings. The van der Waals surface area contributed by atoms with E-state index in [9.17, 15) is 8.42 Å². The fourth-order valence-electron chi connectivity index (χ4n) is 0.958. The van der Waals surface area contributed by atoms with E-state index in [-0.39, 0.29) is 4.90 Å². The van der Waals surface area contributed by atoms with Crippen LogP contribution in [-0.4, -0.2) is 15.0 Å². The summed E-state index contributed by atoms with van der Waals surface area (Å²) in [5.74, 6) is 0.485. The van der Waals surface area contributed by atoms with Crippen molar-refractivity contribution in [2.75, 3.05) is 6.61 Å². The Bertz CT molecular complexity index is 445. The van der Waals surface area contributed by atoms with Gasteiger partial charge in [0.2, 0.25) is 0 Å². The minimum absolute atomic E-state index is 0.0402. The largest absolute Gasteiger partial charge is 0.492 e. The Kier molecular flexibility index (Phi) is 4.43. The quantitative estimate of drug-likeness (QED) is 0.802. The van der Waals surface area contributed by atoms with Crippen molar-refractivity contribution in [2.45, 2.75) is 18.2 Å². The summed E-state index contributed by atoms with van der Waals surface area (Å²) in [5.41, 5.74) is 0. The second kappa shape index (κ2) is 5.18. The number of halogens is 2. The highest BCUT2D eigenvalue weighted by Crippen LogP contribution is 2.29. The molecule has 6 heteroatoms. The average Bonchev–Trinajstić information content (AvgIpc) is 2.15. The molecule has 1 aromatic rings. The van der Waals surface area contributed by atoms with E-state index < -0.39 is 9.05 Å². The summed E-state index contributed by atoms with van der Waals surface area (Å²) in [6, 6.07) is 4.42. The van der Waals surface area contributed by atoms with Crippen molar-refractivity contribution in [3.63, 3.8) is 0 Å². The highest BCUT2D eigenvalue weighted by molar-refractivity contribution is 9.10. The molecule has 0 aliphatic rings. The zero-order valence-electron chi connectivity index (χ0n) is 8.04. The van der Waals surface area contributed by atoms with E-state index in [2.05, 4.69) is 15.9 Å². The molecule has 0 radical (unpaired) electrons. The van der Waals surface area contributed by atoms with Crippen LogP contribution in [0.2, 0.25) is 0 Å². The van der Waals surface area contributed by atoms with Crippen molar-refractivity contribution in [3.05, 3.63) is 22.7 Å². The zero-order chi connectivity index (χ0) is 11.5. The monoisotopic (exact) mass is 312 g/mol. The lowest BCUT2D eigenvalue weighted by molar-refractivity contribution is 0.314. The van der Waals surface area contributed by atoms with Crippen LogP contribution in [0.25, 0.3) is 0 Å². The normalized spacial score (nSPS) is 11.4. The highest BCUT2D eigenvalue weighted by atomic mass is 79.9. The Balaban J connectivity index is 3.06. The third-order valence-corrected chi connectivity index (χ3v) is 3.65. The van der Waals surface area contributed by atoms with Gasteiger partial charge in [-0.15, -0.1) is 0 Å². The minimum atomic E-state index is -3.70. The highest BCUT2D eigenvalue weighted by Gasteiger charge is 2.12. The average molecular weight is 314 g/mol. The molecule has 0 bridgehead atoms. The van der Waals surface area contributed by atoms with Gasteiger partial charge in [0.25, 0.3) is 9.05 Å². The molecule has 0 saturated heterocycles. The maximum absolute atomic E-state index is 11.1. The van der Waals surface area contributed by atoms with Crippen molar-refractivity contribution in [2.24, 2.45) is 0 Å². The zero-order valence-corrected chi connectivity index (χ0v) is 11.2. The van der Waals surface area contributed by atoms with Crippen molar-refractivity contribution in [3.8, 4) is 5.75 Å². The fourth-order valence-corrected chi connectivity index (χ4v) is 2.09. The standard InChI is InChI=1S/C9H10BrClO3S/c1-2-5-14-9-6-7(15(11,12)13)3-4-8(9)10/h3-4,6H,2,5H2,1H3. The number of rotatable bonds is 4. The predicted octanol–water partition coefficient (Wildman–Crippen LogP) is 3.17. The van der Waals surface area contributed by atoms with Crippen LogP contribution in [0.1, 0.15) is 13.3 Å². The van der Waals surface area contributed by atoms with Gasteiger partial charge in [0, 0.05) is 16.7 Å². The molecule has 0 N–H and O–H groups in total. The van der Waals surface area contributed by atoms with Gasteiger partial charge in [-0.2, -0.15) is 0 Å². The lowest BCUT2D eigenvalue weighted by Crippen LogP contribution is -1.98. The summed E-state index contributed by atoms with van der Waals surface area (Å²) >= 11 is 3.26. The molecule has 0 amide bonds. The Morgan fingerprint density at radius 2 is 2.13 bits per heavy atom. The van der Waals surface area contributed by atoms with Gasteiger partial charge in [0.1, 0.15) is 5.75 Å². The van der Waals surface area contributed by atoms with E-state index in [1.54, 1.807) is 6.07 Å². The van der Waals surface area contributed by atoms with Gasteiger partial charge >= 0.3 is 0 Å². The molecule has 84 valence electrons. The van der Waals surface area contributed by atoms with Gasteiger partial charge in [-0.05, 0) is 34.5 Å². The third kappa shape index (κ3) is 3.66. The van der Waals surface area contributed by atoms with Crippen LogP contribution in [-0.2, 0) is 9.05 Å². The van der Waals surface area contributed by atoms with Crippen molar-refractivity contribution in [1.82, 2.24) is 0 Å². The van der Waals surface area contributed by atoms with Crippen LogP contribution in [0.3, 0.4) is 0 Å². The maximum atomic E-state index is 11.1. The molecule has 0 saturated carbocycles. The first-order valence-corrected chi connectivity index (χ1v) is 7.42. The number of ether oxygens (including phenoxy) is 1. The first-order valence-electron chi connectivity index (χ1n) is 4.32. The SMILES string of the molecule is CCCOc1cc(S(=O)(=O)Cl)ccc1Br. The molecule has 0 atom stereocenters. The van der Waals surface area contributed by atoms with Crippen LogP contribution in [0.5, 0.6) is 5.75 Å². The molecular formula is C9H10BrClO3S. The summed E-state index contributed by atoms with van der Waals surface area (Å²) in [4.78, 5) is 0.0402. The first kappa shape index (κ1) is 12.8. The first-order chi connectivity index (χ1) is 6.95. The van der Waals surface area contributed by atoms with Crippen LogP contribution in [0.15, 0.2) is 27.6 Å². The molecule has 0 aromatic heterocycles. The maximum Gasteiger partial charge on any atom is 0.261 e. The second-order valence-electron chi connectivity index (χ2n) is 2.88. The number of hydrogen-bond acceptors (Lipinski definition) is 3. The smallest absolute Gasteiger partial charge is 0.261 e. The molecule has 15 heavy (non-hydrogen) atoms. The van der Waals surface area contributed by atoms with Crippen LogP contribution in [0.4, 0.5) is 0 Å². The van der Waals surface area contributed by atoms with Crippen LogP contribution < -0.4 is 4.74 Å². The molecule has 1 aromatic carbocycles. The van der Waals surface area contributed by atoms with E-state index in [0.29, 0.717) is 16.8 Å². The summed E-state index contributed by atoms with van der Waals surface area (Å²) in [7, 11) is 1.52. The minimum Gasteiger partial charge on any atom is -0.492 e. The third-order valence-electron chi connectivity index (χ3n) is 1.65. The van der Waals surface area contributed by atoms with Crippen LogP contribution >= 0.6 is 26.6 Å².